The molecule has 0 aliphatic rings. The van der Waals surface area contributed by atoms with Gasteiger partial charge in [0.15, 0.2) is 0 Å². The first-order chi connectivity index (χ1) is 12.5. The van der Waals surface area contributed by atoms with Gasteiger partial charge >= 0.3 is 6.61 Å². The molecule has 0 radical (unpaired) electrons. The molecule has 0 unspecified atom stereocenters. The molecule has 0 saturated carbocycles. The van der Waals surface area contributed by atoms with Gasteiger partial charge in [-0.3, -0.25) is 0 Å². The number of hydrogen-bond acceptors (Lipinski definition) is 2. The minimum Gasteiger partial charge on any atom is -0.434 e. The number of aryl methyl sites for hydroxylation is 1. The highest BCUT2D eigenvalue weighted by atomic mass is 79.9. The van der Waals surface area contributed by atoms with Gasteiger partial charge in [0.1, 0.15) is 11.6 Å². The summed E-state index contributed by atoms with van der Waals surface area (Å²) in [5.41, 5.74) is 2.26. The van der Waals surface area contributed by atoms with E-state index in [1.807, 2.05) is 22.8 Å². The SMILES string of the molecule is C=CCCc1nc2ccc(Cl)cc2n1Cc1c(Br)cccc1OC(F)F. The fraction of sp³-hybridized carbons (Fsp3) is 0.211. The monoisotopic (exact) mass is 440 g/mol. The third-order valence-corrected chi connectivity index (χ3v) is 4.95. The average molecular weight is 442 g/mol. The second-order valence-corrected chi connectivity index (χ2v) is 6.96. The minimum absolute atomic E-state index is 0.132. The fourth-order valence-corrected chi connectivity index (χ4v) is 3.44. The van der Waals surface area contributed by atoms with Gasteiger partial charge in [0.05, 0.1) is 17.6 Å². The summed E-state index contributed by atoms with van der Waals surface area (Å²) in [5.74, 6) is 0.967. The summed E-state index contributed by atoms with van der Waals surface area (Å²) in [5, 5.41) is 0.588. The van der Waals surface area contributed by atoms with Gasteiger partial charge in [0.2, 0.25) is 0 Å². The van der Waals surface area contributed by atoms with Crippen LogP contribution >= 0.6 is 27.5 Å². The molecule has 7 heteroatoms. The lowest BCUT2D eigenvalue weighted by Crippen LogP contribution is -2.10. The Morgan fingerprint density at radius 2 is 2.12 bits per heavy atom. The number of aromatic nitrogens is 2. The molecule has 0 saturated heterocycles. The predicted octanol–water partition coefficient (Wildman–Crippen LogP) is 6.22. The Balaban J connectivity index is 2.10. The van der Waals surface area contributed by atoms with E-state index >= 15 is 0 Å². The lowest BCUT2D eigenvalue weighted by Gasteiger charge is -2.15. The summed E-state index contributed by atoms with van der Waals surface area (Å²) in [6.45, 7) is 1.18. The Kier molecular flexibility index (Phi) is 5.94. The van der Waals surface area contributed by atoms with Crippen molar-refractivity contribution in [1.29, 1.82) is 0 Å². The number of imidazole rings is 1. The smallest absolute Gasteiger partial charge is 0.387 e. The molecular weight excluding hydrogens is 426 g/mol. The summed E-state index contributed by atoms with van der Waals surface area (Å²) >= 11 is 9.59. The first-order valence-electron chi connectivity index (χ1n) is 7.97. The highest BCUT2D eigenvalue weighted by Gasteiger charge is 2.17. The quantitative estimate of drug-likeness (QED) is 0.407. The molecule has 0 spiro atoms. The molecule has 1 heterocycles. The highest BCUT2D eigenvalue weighted by molar-refractivity contribution is 9.10. The zero-order valence-electron chi connectivity index (χ0n) is 13.8. The Labute approximate surface area is 163 Å². The van der Waals surface area contributed by atoms with Crippen molar-refractivity contribution in [3.05, 3.63) is 69.9 Å². The van der Waals surface area contributed by atoms with Crippen LogP contribution in [0.25, 0.3) is 11.0 Å². The number of rotatable bonds is 7. The molecule has 3 aromatic rings. The fourth-order valence-electron chi connectivity index (χ4n) is 2.80. The zero-order chi connectivity index (χ0) is 18.7. The van der Waals surface area contributed by atoms with Crippen LogP contribution in [0.4, 0.5) is 8.78 Å². The first-order valence-corrected chi connectivity index (χ1v) is 9.14. The van der Waals surface area contributed by atoms with Crippen LogP contribution in [0.1, 0.15) is 17.8 Å². The van der Waals surface area contributed by atoms with Crippen molar-refractivity contribution < 1.29 is 13.5 Å². The number of halogens is 4. The van der Waals surface area contributed by atoms with Crippen LogP contribution in [0.15, 0.2) is 53.5 Å². The van der Waals surface area contributed by atoms with Crippen LogP contribution in [0, 0.1) is 0 Å². The van der Waals surface area contributed by atoms with Gasteiger partial charge in [0, 0.05) is 21.5 Å². The van der Waals surface area contributed by atoms with E-state index in [1.165, 1.54) is 6.07 Å². The zero-order valence-corrected chi connectivity index (χ0v) is 16.1. The second kappa shape index (κ2) is 8.18. The summed E-state index contributed by atoms with van der Waals surface area (Å²) < 4.78 is 32.9. The molecule has 0 aliphatic heterocycles. The maximum absolute atomic E-state index is 12.8. The standard InChI is InChI=1S/C19H16BrClF2N2O/c1-2-3-7-18-24-15-9-8-12(21)10-16(15)25(18)11-13-14(20)5-4-6-17(13)26-19(22)23/h2,4-6,8-10,19H,1,3,7,11H2. The molecular formula is C19H16BrClF2N2O. The van der Waals surface area contributed by atoms with E-state index < -0.39 is 6.61 Å². The van der Waals surface area contributed by atoms with E-state index in [0.717, 1.165) is 23.3 Å². The Morgan fingerprint density at radius 3 is 2.85 bits per heavy atom. The second-order valence-electron chi connectivity index (χ2n) is 5.67. The van der Waals surface area contributed by atoms with E-state index in [1.54, 1.807) is 18.2 Å². The number of alkyl halides is 2. The summed E-state index contributed by atoms with van der Waals surface area (Å²) in [7, 11) is 0. The average Bonchev–Trinajstić information content (AvgIpc) is 2.92. The molecule has 1 aromatic heterocycles. The van der Waals surface area contributed by atoms with Crippen molar-refractivity contribution in [3.63, 3.8) is 0 Å². The van der Waals surface area contributed by atoms with E-state index in [2.05, 4.69) is 27.5 Å². The topological polar surface area (TPSA) is 27.1 Å². The molecule has 0 N–H and O–H groups in total. The van der Waals surface area contributed by atoms with Crippen LogP contribution in [0.5, 0.6) is 5.75 Å². The van der Waals surface area contributed by atoms with Crippen molar-refractivity contribution in [2.24, 2.45) is 0 Å². The van der Waals surface area contributed by atoms with Crippen molar-refractivity contribution in [3.8, 4) is 5.75 Å². The third-order valence-electron chi connectivity index (χ3n) is 3.97. The van der Waals surface area contributed by atoms with E-state index in [-0.39, 0.29) is 5.75 Å². The Bertz CT molecular complexity index is 943. The van der Waals surface area contributed by atoms with Gasteiger partial charge in [-0.25, -0.2) is 4.98 Å². The lowest BCUT2D eigenvalue weighted by atomic mass is 10.2. The molecule has 2 aromatic carbocycles. The molecule has 0 bridgehead atoms. The van der Waals surface area contributed by atoms with Crippen LogP contribution < -0.4 is 4.74 Å². The predicted molar refractivity (Wildman–Crippen MR) is 103 cm³/mol. The molecule has 0 fully saturated rings. The normalized spacial score (nSPS) is 11.3. The maximum Gasteiger partial charge on any atom is 0.387 e. The van der Waals surface area contributed by atoms with Crippen molar-refractivity contribution >= 4 is 38.6 Å². The van der Waals surface area contributed by atoms with Crippen molar-refractivity contribution in [2.45, 2.75) is 26.0 Å². The highest BCUT2D eigenvalue weighted by Crippen LogP contribution is 2.31. The summed E-state index contributed by atoms with van der Waals surface area (Å²) in [6, 6.07) is 10.4. The van der Waals surface area contributed by atoms with E-state index in [4.69, 9.17) is 16.3 Å². The summed E-state index contributed by atoms with van der Waals surface area (Å²) in [4.78, 5) is 4.66. The van der Waals surface area contributed by atoms with Crippen LogP contribution in [0.2, 0.25) is 5.02 Å². The molecule has 3 rings (SSSR count). The number of benzene rings is 2. The maximum atomic E-state index is 12.8. The number of allylic oxidation sites excluding steroid dienone is 1. The van der Waals surface area contributed by atoms with E-state index in [9.17, 15) is 8.78 Å². The van der Waals surface area contributed by atoms with Gasteiger partial charge in [-0.2, -0.15) is 8.78 Å². The Hall–Kier alpha value is -1.92. The minimum atomic E-state index is -2.89. The van der Waals surface area contributed by atoms with Crippen LogP contribution in [0.3, 0.4) is 0 Å². The third kappa shape index (κ3) is 4.07. The molecule has 26 heavy (non-hydrogen) atoms. The van der Waals surface area contributed by atoms with Gasteiger partial charge < -0.3 is 9.30 Å². The van der Waals surface area contributed by atoms with Gasteiger partial charge in [0.25, 0.3) is 0 Å². The van der Waals surface area contributed by atoms with Crippen molar-refractivity contribution in [2.75, 3.05) is 0 Å². The number of fused-ring (bicyclic) bond motifs is 1. The first kappa shape index (κ1) is 18.9. The molecule has 0 amide bonds. The largest absolute Gasteiger partial charge is 0.434 e. The van der Waals surface area contributed by atoms with Crippen molar-refractivity contribution in [1.82, 2.24) is 9.55 Å². The number of nitrogens with zero attached hydrogens (tertiary/aromatic N) is 2. The van der Waals surface area contributed by atoms with Gasteiger partial charge in [-0.05, 0) is 36.8 Å². The van der Waals surface area contributed by atoms with Gasteiger partial charge in [-0.15, -0.1) is 6.58 Å². The molecule has 0 atom stereocenters. The van der Waals surface area contributed by atoms with Crippen LogP contribution in [-0.4, -0.2) is 16.2 Å². The Morgan fingerprint density at radius 1 is 1.31 bits per heavy atom. The molecule has 136 valence electrons. The summed E-state index contributed by atoms with van der Waals surface area (Å²) in [6.07, 6.45) is 3.26. The number of hydrogen-bond donors (Lipinski definition) is 0. The molecule has 0 aliphatic carbocycles. The lowest BCUT2D eigenvalue weighted by molar-refractivity contribution is -0.0505. The number of ether oxygens (including phenoxy) is 1. The van der Waals surface area contributed by atoms with Gasteiger partial charge in [-0.1, -0.05) is 39.7 Å². The van der Waals surface area contributed by atoms with Crippen LogP contribution in [-0.2, 0) is 13.0 Å². The molecule has 3 nitrogen and oxygen atoms in total. The van der Waals surface area contributed by atoms with E-state index in [0.29, 0.717) is 28.0 Å².